The van der Waals surface area contributed by atoms with Gasteiger partial charge in [0.25, 0.3) is 0 Å². The number of nitrogens with one attached hydrogen (secondary N) is 1. The predicted octanol–water partition coefficient (Wildman–Crippen LogP) is 1.69. The summed E-state index contributed by atoms with van der Waals surface area (Å²) >= 11 is 0. The molecule has 1 aliphatic carbocycles. The summed E-state index contributed by atoms with van der Waals surface area (Å²) in [6.45, 7) is 2.16. The van der Waals surface area contributed by atoms with Crippen LogP contribution in [-0.2, 0) is 0 Å². The summed E-state index contributed by atoms with van der Waals surface area (Å²) in [7, 11) is 0. The Balaban J connectivity index is 1.71. The van der Waals surface area contributed by atoms with Crippen LogP contribution in [0.5, 0.6) is 0 Å². The fourth-order valence-corrected chi connectivity index (χ4v) is 2.90. The second-order valence-corrected chi connectivity index (χ2v) is 5.29. The number of hydrogen-bond donors (Lipinski definition) is 2. The van der Waals surface area contributed by atoms with Crippen molar-refractivity contribution in [2.24, 2.45) is 0 Å². The molecule has 0 spiro atoms. The molecular weight excluding hydrogens is 252 g/mol. The zero-order valence-electron chi connectivity index (χ0n) is 11.6. The average molecular weight is 272 g/mol. The molecule has 1 fully saturated rings. The van der Waals surface area contributed by atoms with E-state index in [9.17, 15) is 5.11 Å². The van der Waals surface area contributed by atoms with Gasteiger partial charge >= 0.3 is 0 Å². The highest BCUT2D eigenvalue weighted by molar-refractivity contribution is 5.16. The number of aliphatic hydroxyl groups excluding tert-OH is 1. The van der Waals surface area contributed by atoms with Gasteiger partial charge in [-0.3, -0.25) is 9.67 Å². The van der Waals surface area contributed by atoms with Crippen molar-refractivity contribution in [1.29, 1.82) is 0 Å². The Morgan fingerprint density at radius 3 is 2.80 bits per heavy atom. The molecule has 3 rings (SSSR count). The largest absolute Gasteiger partial charge is 0.391 e. The second-order valence-electron chi connectivity index (χ2n) is 5.29. The maximum absolute atomic E-state index is 10.00. The van der Waals surface area contributed by atoms with E-state index in [4.69, 9.17) is 0 Å². The Morgan fingerprint density at radius 1 is 1.40 bits per heavy atom. The maximum Gasteiger partial charge on any atom is 0.0932 e. The van der Waals surface area contributed by atoms with E-state index >= 15 is 0 Å². The molecule has 0 saturated heterocycles. The van der Waals surface area contributed by atoms with Crippen LogP contribution in [0.3, 0.4) is 0 Å². The van der Waals surface area contributed by atoms with Gasteiger partial charge in [0.05, 0.1) is 12.1 Å². The summed E-state index contributed by atoms with van der Waals surface area (Å²) < 4.78 is 1.85. The highest BCUT2D eigenvalue weighted by Gasteiger charge is 2.42. The quantitative estimate of drug-likeness (QED) is 0.869. The van der Waals surface area contributed by atoms with Crippen LogP contribution in [0.4, 0.5) is 0 Å². The first-order valence-corrected chi connectivity index (χ1v) is 7.12. The van der Waals surface area contributed by atoms with Gasteiger partial charge in [-0.05, 0) is 36.6 Å². The van der Waals surface area contributed by atoms with Crippen LogP contribution < -0.4 is 5.32 Å². The summed E-state index contributed by atoms with van der Waals surface area (Å²) in [5, 5.41) is 17.9. The van der Waals surface area contributed by atoms with Crippen molar-refractivity contribution in [3.05, 3.63) is 48.5 Å². The third-order valence-electron chi connectivity index (χ3n) is 4.06. The van der Waals surface area contributed by atoms with E-state index < -0.39 is 0 Å². The summed E-state index contributed by atoms with van der Waals surface area (Å²) in [4.78, 5) is 4.06. The summed E-state index contributed by atoms with van der Waals surface area (Å²) in [5.41, 5.74) is 1.24. The lowest BCUT2D eigenvalue weighted by atomic mass is 9.82. The molecule has 0 bridgehead atoms. The molecular formula is C15H20N4O. The highest BCUT2D eigenvalue weighted by atomic mass is 16.3. The first kappa shape index (κ1) is 13.3. The van der Waals surface area contributed by atoms with Crippen LogP contribution in [0, 0.1) is 0 Å². The van der Waals surface area contributed by atoms with Crippen LogP contribution in [0.2, 0.25) is 0 Å². The molecule has 4 atom stereocenters. The summed E-state index contributed by atoms with van der Waals surface area (Å²) in [6.07, 6.45) is 8.76. The number of hydrogen-bond acceptors (Lipinski definition) is 4. The second kappa shape index (κ2) is 5.73. The van der Waals surface area contributed by atoms with E-state index in [1.165, 1.54) is 5.56 Å². The Kier molecular flexibility index (Phi) is 3.80. The normalized spacial score (nSPS) is 27.0. The van der Waals surface area contributed by atoms with E-state index in [0.29, 0.717) is 0 Å². The minimum atomic E-state index is -0.317. The molecule has 0 amide bonds. The van der Waals surface area contributed by atoms with Crippen molar-refractivity contribution >= 4 is 0 Å². The number of aliphatic hydroxyl groups is 1. The fourth-order valence-electron chi connectivity index (χ4n) is 2.90. The minimum absolute atomic E-state index is 0.0286. The lowest BCUT2D eigenvalue weighted by molar-refractivity contribution is -0.0120. The van der Waals surface area contributed by atoms with Crippen molar-refractivity contribution in [3.63, 3.8) is 0 Å². The monoisotopic (exact) mass is 272 g/mol. The Morgan fingerprint density at radius 2 is 2.20 bits per heavy atom. The third-order valence-corrected chi connectivity index (χ3v) is 4.06. The molecule has 0 aromatic carbocycles. The van der Waals surface area contributed by atoms with Crippen molar-refractivity contribution < 1.29 is 5.11 Å². The summed E-state index contributed by atoms with van der Waals surface area (Å²) in [5.74, 6) is 0. The van der Waals surface area contributed by atoms with Gasteiger partial charge in [-0.25, -0.2) is 0 Å². The van der Waals surface area contributed by atoms with Crippen LogP contribution in [0.1, 0.15) is 37.4 Å². The van der Waals surface area contributed by atoms with Gasteiger partial charge in [0, 0.05) is 36.9 Å². The molecule has 106 valence electrons. The Labute approximate surface area is 118 Å². The number of aromatic nitrogens is 3. The Bertz CT molecular complexity index is 528. The molecule has 0 aliphatic heterocycles. The van der Waals surface area contributed by atoms with Gasteiger partial charge in [-0.15, -0.1) is 0 Å². The lowest BCUT2D eigenvalue weighted by Gasteiger charge is -2.43. The van der Waals surface area contributed by atoms with E-state index in [0.717, 1.165) is 12.8 Å². The first-order valence-electron chi connectivity index (χ1n) is 7.12. The van der Waals surface area contributed by atoms with Crippen LogP contribution in [-0.4, -0.2) is 32.0 Å². The SMILES string of the molecule is CCC(N[C@H]1C[C@@H](O)[C@@H]1n1cccn1)c1ccncc1. The third kappa shape index (κ3) is 2.46. The predicted molar refractivity (Wildman–Crippen MR) is 76.1 cm³/mol. The standard InChI is InChI=1S/C15H20N4O/c1-2-12(11-4-7-16-8-5-11)18-13-10-14(20)15(13)19-9-3-6-17-19/h3-9,12-15,18,20H,2,10H2,1H3/t12?,13-,14+,15+/m0/s1. The number of pyridine rings is 1. The molecule has 2 heterocycles. The molecule has 1 saturated carbocycles. The first-order chi connectivity index (χ1) is 9.79. The van der Waals surface area contributed by atoms with E-state index in [-0.39, 0.29) is 24.2 Å². The van der Waals surface area contributed by atoms with Gasteiger partial charge in [0.1, 0.15) is 0 Å². The van der Waals surface area contributed by atoms with Crippen molar-refractivity contribution in [3.8, 4) is 0 Å². The van der Waals surface area contributed by atoms with Gasteiger partial charge < -0.3 is 10.4 Å². The average Bonchev–Trinajstić information content (AvgIpc) is 2.97. The Hall–Kier alpha value is -1.72. The maximum atomic E-state index is 10.00. The van der Waals surface area contributed by atoms with Crippen LogP contribution in [0.25, 0.3) is 0 Å². The number of nitrogens with zero attached hydrogens (tertiary/aromatic N) is 3. The van der Waals surface area contributed by atoms with E-state index in [1.54, 1.807) is 6.20 Å². The molecule has 2 N–H and O–H groups in total. The zero-order chi connectivity index (χ0) is 13.9. The van der Waals surface area contributed by atoms with E-state index in [1.807, 2.05) is 41.5 Å². The van der Waals surface area contributed by atoms with Crippen molar-refractivity contribution in [1.82, 2.24) is 20.1 Å². The molecule has 1 aliphatic rings. The highest BCUT2D eigenvalue weighted by Crippen LogP contribution is 2.34. The van der Waals surface area contributed by atoms with Crippen LogP contribution >= 0.6 is 0 Å². The summed E-state index contributed by atoms with van der Waals surface area (Å²) in [6, 6.07) is 6.54. The van der Waals surface area contributed by atoms with Gasteiger partial charge in [0.2, 0.25) is 0 Å². The van der Waals surface area contributed by atoms with Crippen molar-refractivity contribution in [2.45, 2.75) is 44.0 Å². The van der Waals surface area contributed by atoms with Crippen molar-refractivity contribution in [2.75, 3.05) is 0 Å². The lowest BCUT2D eigenvalue weighted by Crippen LogP contribution is -2.55. The van der Waals surface area contributed by atoms with Gasteiger partial charge in [-0.2, -0.15) is 5.10 Å². The molecule has 0 radical (unpaired) electrons. The smallest absolute Gasteiger partial charge is 0.0932 e. The minimum Gasteiger partial charge on any atom is -0.391 e. The molecule has 1 unspecified atom stereocenters. The van der Waals surface area contributed by atoms with Gasteiger partial charge in [0.15, 0.2) is 0 Å². The van der Waals surface area contributed by atoms with Crippen LogP contribution in [0.15, 0.2) is 43.0 Å². The zero-order valence-corrected chi connectivity index (χ0v) is 11.6. The van der Waals surface area contributed by atoms with Gasteiger partial charge in [-0.1, -0.05) is 6.92 Å². The molecule has 20 heavy (non-hydrogen) atoms. The fraction of sp³-hybridized carbons (Fsp3) is 0.467. The molecule has 2 aromatic heterocycles. The van der Waals surface area contributed by atoms with E-state index in [2.05, 4.69) is 22.3 Å². The molecule has 5 nitrogen and oxygen atoms in total. The molecule has 2 aromatic rings. The topological polar surface area (TPSA) is 63.0 Å². The molecule has 5 heteroatoms. The number of rotatable bonds is 5.